The lowest BCUT2D eigenvalue weighted by molar-refractivity contribution is -0.0927. The van der Waals surface area contributed by atoms with Crippen LogP contribution in [-0.2, 0) is 6.42 Å². The molecule has 0 aliphatic carbocycles. The van der Waals surface area contributed by atoms with Crippen molar-refractivity contribution in [3.8, 4) is 5.75 Å². The van der Waals surface area contributed by atoms with Crippen molar-refractivity contribution >= 4 is 0 Å². The third-order valence-corrected chi connectivity index (χ3v) is 4.04. The number of aryl methyl sites for hydroxylation is 1. The van der Waals surface area contributed by atoms with E-state index in [1.807, 2.05) is 30.3 Å². The van der Waals surface area contributed by atoms with Crippen LogP contribution in [0.1, 0.15) is 51.0 Å². The van der Waals surface area contributed by atoms with E-state index in [9.17, 15) is 10.2 Å². The molecule has 1 aromatic rings. The number of rotatable bonds is 12. The van der Waals surface area contributed by atoms with Crippen molar-refractivity contribution in [2.75, 3.05) is 6.61 Å². The van der Waals surface area contributed by atoms with Crippen molar-refractivity contribution in [1.29, 1.82) is 0 Å². The van der Waals surface area contributed by atoms with E-state index in [0.29, 0.717) is 12.8 Å². The molecule has 130 valence electrons. The first-order chi connectivity index (χ1) is 11.0. The Bertz CT molecular complexity index is 440. The van der Waals surface area contributed by atoms with Gasteiger partial charge in [0.15, 0.2) is 6.29 Å². The minimum absolute atomic E-state index is 0.510. The third kappa shape index (κ3) is 8.16. The number of hydrogen-bond donors (Lipinski definition) is 3. The number of aliphatic hydroxyl groups excluding tert-OH is 1. The van der Waals surface area contributed by atoms with Crippen LogP contribution in [0.4, 0.5) is 0 Å². The molecule has 0 aliphatic rings. The van der Waals surface area contributed by atoms with Crippen molar-refractivity contribution in [3.05, 3.63) is 42.5 Å². The Labute approximate surface area is 140 Å². The Morgan fingerprint density at radius 2 is 1.83 bits per heavy atom. The normalized spacial score (nSPS) is 13.8. The minimum atomic E-state index is -1.50. The van der Waals surface area contributed by atoms with E-state index >= 15 is 0 Å². The number of nitrogens with two attached hydrogens (primary N) is 1. The van der Waals surface area contributed by atoms with Gasteiger partial charge < -0.3 is 20.7 Å². The van der Waals surface area contributed by atoms with E-state index in [0.717, 1.165) is 30.8 Å². The molecule has 4 nitrogen and oxygen atoms in total. The summed E-state index contributed by atoms with van der Waals surface area (Å²) in [6, 6.07) is 7.91. The highest BCUT2D eigenvalue weighted by atomic mass is 16.5. The van der Waals surface area contributed by atoms with Crippen LogP contribution < -0.4 is 10.5 Å². The second-order valence-corrected chi connectivity index (χ2v) is 6.36. The van der Waals surface area contributed by atoms with Gasteiger partial charge in [0, 0.05) is 0 Å². The molecule has 0 aliphatic heterocycles. The topological polar surface area (TPSA) is 75.7 Å². The molecule has 0 bridgehead atoms. The molecule has 0 radical (unpaired) electrons. The largest absolute Gasteiger partial charge is 0.494 e. The summed E-state index contributed by atoms with van der Waals surface area (Å²) in [7, 11) is 0. The van der Waals surface area contributed by atoms with Gasteiger partial charge in [-0.2, -0.15) is 0 Å². The molecule has 1 unspecified atom stereocenters. The fraction of sp³-hybridized carbons (Fsp3) is 0.579. The van der Waals surface area contributed by atoms with E-state index in [4.69, 9.17) is 10.5 Å². The molecule has 0 aromatic heterocycles. The molecule has 0 fully saturated rings. The summed E-state index contributed by atoms with van der Waals surface area (Å²) in [5, 5.41) is 18.4. The molecule has 4 heteroatoms. The van der Waals surface area contributed by atoms with Crippen LogP contribution in [0.5, 0.6) is 5.75 Å². The number of hydrogen-bond acceptors (Lipinski definition) is 4. The van der Waals surface area contributed by atoms with Crippen LogP contribution in [0.2, 0.25) is 0 Å². The first-order valence-corrected chi connectivity index (χ1v) is 8.43. The summed E-state index contributed by atoms with van der Waals surface area (Å²) in [5.74, 6) is 0.873. The Morgan fingerprint density at radius 1 is 1.17 bits per heavy atom. The van der Waals surface area contributed by atoms with Crippen LogP contribution >= 0.6 is 0 Å². The number of benzene rings is 1. The zero-order valence-electron chi connectivity index (χ0n) is 14.2. The Morgan fingerprint density at radius 3 is 2.43 bits per heavy atom. The van der Waals surface area contributed by atoms with E-state index in [1.165, 1.54) is 19.3 Å². The molecule has 0 saturated carbocycles. The van der Waals surface area contributed by atoms with Gasteiger partial charge in [-0.15, -0.1) is 6.58 Å². The van der Waals surface area contributed by atoms with Crippen molar-refractivity contribution in [3.63, 3.8) is 0 Å². The third-order valence-electron chi connectivity index (χ3n) is 4.04. The summed E-state index contributed by atoms with van der Waals surface area (Å²) in [5.41, 5.74) is 5.96. The maximum atomic E-state index is 9.20. The van der Waals surface area contributed by atoms with Crippen molar-refractivity contribution in [2.24, 2.45) is 5.73 Å². The molecule has 1 aromatic carbocycles. The highest BCUT2D eigenvalue weighted by molar-refractivity contribution is 5.27. The Balaban J connectivity index is 2.24. The lowest BCUT2D eigenvalue weighted by Gasteiger charge is -2.26. The van der Waals surface area contributed by atoms with Crippen LogP contribution in [0, 0.1) is 0 Å². The van der Waals surface area contributed by atoms with Crippen molar-refractivity contribution < 1.29 is 14.9 Å². The van der Waals surface area contributed by atoms with E-state index < -0.39 is 11.8 Å². The first kappa shape index (κ1) is 19.7. The monoisotopic (exact) mass is 321 g/mol. The smallest absolute Gasteiger partial charge is 0.169 e. The van der Waals surface area contributed by atoms with E-state index in [1.54, 1.807) is 6.92 Å². The van der Waals surface area contributed by atoms with Gasteiger partial charge in [-0.05, 0) is 56.7 Å². The molecule has 4 N–H and O–H groups in total. The number of ether oxygens (including phenoxy) is 1. The summed E-state index contributed by atoms with van der Waals surface area (Å²) < 4.78 is 5.73. The van der Waals surface area contributed by atoms with Gasteiger partial charge in [0.25, 0.3) is 0 Å². The lowest BCUT2D eigenvalue weighted by Crippen LogP contribution is -2.48. The molecule has 0 spiro atoms. The van der Waals surface area contributed by atoms with Crippen molar-refractivity contribution in [1.82, 2.24) is 0 Å². The van der Waals surface area contributed by atoms with E-state index in [2.05, 4.69) is 6.58 Å². The highest BCUT2D eigenvalue weighted by Crippen LogP contribution is 2.18. The fourth-order valence-electron chi connectivity index (χ4n) is 2.23. The van der Waals surface area contributed by atoms with Crippen LogP contribution in [0.15, 0.2) is 36.9 Å². The molecule has 0 amide bonds. The molecule has 1 rings (SSSR count). The Hall–Kier alpha value is -1.36. The number of unbranched alkanes of at least 4 members (excludes halogenated alkanes) is 4. The lowest BCUT2D eigenvalue weighted by atomic mass is 9.94. The maximum absolute atomic E-state index is 9.20. The van der Waals surface area contributed by atoms with E-state index in [-0.39, 0.29) is 0 Å². The van der Waals surface area contributed by atoms with Gasteiger partial charge >= 0.3 is 0 Å². The predicted molar refractivity (Wildman–Crippen MR) is 94.4 cm³/mol. The summed E-state index contributed by atoms with van der Waals surface area (Å²) >= 11 is 0. The predicted octanol–water partition coefficient (Wildman–Crippen LogP) is 3.16. The average Bonchev–Trinajstić information content (AvgIpc) is 2.53. The summed E-state index contributed by atoms with van der Waals surface area (Å²) in [6.07, 6.45) is 7.46. The molecule has 0 saturated heterocycles. The number of allylic oxidation sites excluding steroid dienone is 1. The quantitative estimate of drug-likeness (QED) is 0.314. The maximum Gasteiger partial charge on any atom is 0.169 e. The standard InChI is InChI=1S/C19H31NO3/c1-3-4-5-6-7-8-15-23-17-11-9-16(10-12-17)13-14-19(2,20)18(21)22/h3,9-12,18,21-22H,1,4-8,13-15,20H2,2H3. The molecule has 1 atom stereocenters. The zero-order valence-corrected chi connectivity index (χ0v) is 14.2. The number of aliphatic hydroxyl groups is 2. The van der Waals surface area contributed by atoms with Gasteiger partial charge in [0.1, 0.15) is 5.75 Å². The summed E-state index contributed by atoms with van der Waals surface area (Å²) in [4.78, 5) is 0. The van der Waals surface area contributed by atoms with Gasteiger partial charge in [-0.3, -0.25) is 0 Å². The van der Waals surface area contributed by atoms with Gasteiger partial charge in [0.2, 0.25) is 0 Å². The molecule has 0 heterocycles. The molecule has 23 heavy (non-hydrogen) atoms. The molecular weight excluding hydrogens is 290 g/mol. The van der Waals surface area contributed by atoms with Gasteiger partial charge in [-0.25, -0.2) is 0 Å². The van der Waals surface area contributed by atoms with Crippen LogP contribution in [0.25, 0.3) is 0 Å². The first-order valence-electron chi connectivity index (χ1n) is 8.43. The fourth-order valence-corrected chi connectivity index (χ4v) is 2.23. The van der Waals surface area contributed by atoms with Gasteiger partial charge in [-0.1, -0.05) is 31.1 Å². The second kappa shape index (κ2) is 10.4. The second-order valence-electron chi connectivity index (χ2n) is 6.36. The highest BCUT2D eigenvalue weighted by Gasteiger charge is 2.26. The van der Waals surface area contributed by atoms with Crippen LogP contribution in [0.3, 0.4) is 0 Å². The minimum Gasteiger partial charge on any atom is -0.494 e. The Kier molecular flexibility index (Phi) is 8.92. The van der Waals surface area contributed by atoms with Crippen LogP contribution in [-0.4, -0.2) is 28.6 Å². The molecular formula is C19H31NO3. The summed E-state index contributed by atoms with van der Waals surface area (Å²) in [6.45, 7) is 6.10. The zero-order chi connectivity index (χ0) is 17.1. The van der Waals surface area contributed by atoms with Crippen molar-refractivity contribution in [2.45, 2.75) is 63.7 Å². The average molecular weight is 321 g/mol. The SMILES string of the molecule is C=CCCCCCCOc1ccc(CCC(C)(N)C(O)O)cc1. The van der Waals surface area contributed by atoms with Gasteiger partial charge in [0.05, 0.1) is 12.1 Å².